The summed E-state index contributed by atoms with van der Waals surface area (Å²) in [5.41, 5.74) is 2.12. The standard InChI is InChI=1S/C13H17BrN4O/c1-9(15-7-11-8-18(2)17-16-11)10-4-5-13(19-3)12(14)6-10/h4-6,8-9,15H,7H2,1-3H3. The van der Waals surface area contributed by atoms with E-state index in [1.54, 1.807) is 11.8 Å². The van der Waals surface area contributed by atoms with Crippen molar-refractivity contribution in [1.29, 1.82) is 0 Å². The van der Waals surface area contributed by atoms with E-state index in [2.05, 4.69) is 50.6 Å². The summed E-state index contributed by atoms with van der Waals surface area (Å²) < 4.78 is 7.88. The molecular formula is C13H17BrN4O. The molecule has 2 aromatic rings. The van der Waals surface area contributed by atoms with E-state index in [0.29, 0.717) is 6.54 Å². The normalized spacial score (nSPS) is 12.4. The Kier molecular flexibility index (Phi) is 4.55. The molecule has 0 aliphatic rings. The number of hydrogen-bond donors (Lipinski definition) is 1. The molecule has 1 aromatic heterocycles. The van der Waals surface area contributed by atoms with Crippen molar-refractivity contribution in [3.8, 4) is 5.75 Å². The number of nitrogens with one attached hydrogen (secondary N) is 1. The molecule has 0 spiro atoms. The van der Waals surface area contributed by atoms with Gasteiger partial charge in [0.2, 0.25) is 0 Å². The lowest BCUT2D eigenvalue weighted by molar-refractivity contribution is 0.411. The van der Waals surface area contributed by atoms with Gasteiger partial charge in [-0.05, 0) is 40.5 Å². The number of aryl methyl sites for hydroxylation is 1. The summed E-state index contributed by atoms with van der Waals surface area (Å²) in [7, 11) is 3.52. The van der Waals surface area contributed by atoms with Crippen LogP contribution in [0.5, 0.6) is 5.75 Å². The number of rotatable bonds is 5. The zero-order chi connectivity index (χ0) is 13.8. The van der Waals surface area contributed by atoms with Gasteiger partial charge in [-0.25, -0.2) is 0 Å². The molecule has 2 rings (SSSR count). The van der Waals surface area contributed by atoms with Gasteiger partial charge >= 0.3 is 0 Å². The second kappa shape index (κ2) is 6.16. The van der Waals surface area contributed by atoms with E-state index in [-0.39, 0.29) is 6.04 Å². The average molecular weight is 325 g/mol. The molecule has 0 radical (unpaired) electrons. The molecule has 5 nitrogen and oxygen atoms in total. The molecular weight excluding hydrogens is 308 g/mol. The highest BCUT2D eigenvalue weighted by Gasteiger charge is 2.09. The minimum Gasteiger partial charge on any atom is -0.496 e. The van der Waals surface area contributed by atoms with Crippen molar-refractivity contribution >= 4 is 15.9 Å². The van der Waals surface area contributed by atoms with Crippen LogP contribution in [0.15, 0.2) is 28.9 Å². The van der Waals surface area contributed by atoms with Crippen LogP contribution in [0.1, 0.15) is 24.2 Å². The van der Waals surface area contributed by atoms with Crippen LogP contribution >= 0.6 is 15.9 Å². The fraction of sp³-hybridized carbons (Fsp3) is 0.385. The highest BCUT2D eigenvalue weighted by molar-refractivity contribution is 9.10. The van der Waals surface area contributed by atoms with Crippen LogP contribution in [0.3, 0.4) is 0 Å². The highest BCUT2D eigenvalue weighted by Crippen LogP contribution is 2.27. The molecule has 0 aliphatic carbocycles. The fourth-order valence-electron chi connectivity index (χ4n) is 1.80. The topological polar surface area (TPSA) is 52.0 Å². The average Bonchev–Trinajstić information content (AvgIpc) is 2.81. The summed E-state index contributed by atoms with van der Waals surface area (Å²) in [4.78, 5) is 0. The van der Waals surface area contributed by atoms with Crippen LogP contribution in [0, 0.1) is 0 Å². The van der Waals surface area contributed by atoms with E-state index in [1.165, 1.54) is 5.56 Å². The van der Waals surface area contributed by atoms with Crippen LogP contribution in [0.25, 0.3) is 0 Å². The number of nitrogens with zero attached hydrogens (tertiary/aromatic N) is 3. The molecule has 0 saturated heterocycles. The van der Waals surface area contributed by atoms with Gasteiger partial charge in [0.1, 0.15) is 5.75 Å². The van der Waals surface area contributed by atoms with Gasteiger partial charge < -0.3 is 10.1 Å². The van der Waals surface area contributed by atoms with E-state index in [1.807, 2.05) is 19.3 Å². The Labute approximate surface area is 121 Å². The van der Waals surface area contributed by atoms with Crippen molar-refractivity contribution in [2.24, 2.45) is 7.05 Å². The number of ether oxygens (including phenoxy) is 1. The quantitative estimate of drug-likeness (QED) is 0.917. The predicted molar refractivity (Wildman–Crippen MR) is 77.0 cm³/mol. The number of methoxy groups -OCH3 is 1. The molecule has 19 heavy (non-hydrogen) atoms. The third kappa shape index (κ3) is 3.54. The van der Waals surface area contributed by atoms with Gasteiger partial charge in [-0.3, -0.25) is 4.68 Å². The van der Waals surface area contributed by atoms with Gasteiger partial charge in [-0.1, -0.05) is 11.3 Å². The smallest absolute Gasteiger partial charge is 0.133 e. The maximum absolute atomic E-state index is 5.22. The lowest BCUT2D eigenvalue weighted by Crippen LogP contribution is -2.18. The first-order valence-corrected chi connectivity index (χ1v) is 6.81. The maximum atomic E-state index is 5.22. The van der Waals surface area contributed by atoms with Crippen LogP contribution in [0.4, 0.5) is 0 Å². The second-order valence-electron chi connectivity index (χ2n) is 4.38. The molecule has 0 saturated carbocycles. The monoisotopic (exact) mass is 324 g/mol. The Morgan fingerprint density at radius 2 is 2.26 bits per heavy atom. The Hall–Kier alpha value is -1.40. The lowest BCUT2D eigenvalue weighted by Gasteiger charge is -2.14. The van der Waals surface area contributed by atoms with E-state index < -0.39 is 0 Å². The van der Waals surface area contributed by atoms with Gasteiger partial charge in [0, 0.05) is 25.8 Å². The van der Waals surface area contributed by atoms with Gasteiger partial charge in [-0.15, -0.1) is 5.10 Å². The Bertz CT molecular complexity index is 555. The van der Waals surface area contributed by atoms with Crippen molar-refractivity contribution in [3.63, 3.8) is 0 Å². The van der Waals surface area contributed by atoms with Crippen molar-refractivity contribution in [3.05, 3.63) is 40.1 Å². The van der Waals surface area contributed by atoms with E-state index in [0.717, 1.165) is 15.9 Å². The summed E-state index contributed by atoms with van der Waals surface area (Å²) in [6.07, 6.45) is 1.91. The number of benzene rings is 1. The third-order valence-electron chi connectivity index (χ3n) is 2.92. The van der Waals surface area contributed by atoms with E-state index in [4.69, 9.17) is 4.74 Å². The van der Waals surface area contributed by atoms with Crippen molar-refractivity contribution in [2.75, 3.05) is 7.11 Å². The van der Waals surface area contributed by atoms with Crippen LogP contribution in [-0.4, -0.2) is 22.1 Å². The van der Waals surface area contributed by atoms with E-state index >= 15 is 0 Å². The Morgan fingerprint density at radius 3 is 2.84 bits per heavy atom. The Balaban J connectivity index is 1.99. The molecule has 1 atom stereocenters. The minimum absolute atomic E-state index is 0.226. The van der Waals surface area contributed by atoms with Crippen LogP contribution < -0.4 is 10.1 Å². The summed E-state index contributed by atoms with van der Waals surface area (Å²) in [6.45, 7) is 2.81. The SMILES string of the molecule is COc1ccc(C(C)NCc2cn(C)nn2)cc1Br. The minimum atomic E-state index is 0.226. The first-order chi connectivity index (χ1) is 9.10. The summed E-state index contributed by atoms with van der Waals surface area (Å²) in [5.74, 6) is 0.838. The zero-order valence-corrected chi connectivity index (χ0v) is 12.8. The molecule has 1 unspecified atom stereocenters. The third-order valence-corrected chi connectivity index (χ3v) is 3.54. The molecule has 0 amide bonds. The van der Waals surface area contributed by atoms with Crippen molar-refractivity contribution in [2.45, 2.75) is 19.5 Å². The molecule has 0 fully saturated rings. The summed E-state index contributed by atoms with van der Waals surface area (Å²) >= 11 is 3.50. The van der Waals surface area contributed by atoms with E-state index in [9.17, 15) is 0 Å². The molecule has 0 bridgehead atoms. The van der Waals surface area contributed by atoms with Crippen LogP contribution in [-0.2, 0) is 13.6 Å². The first-order valence-electron chi connectivity index (χ1n) is 6.02. The van der Waals surface area contributed by atoms with Crippen molar-refractivity contribution in [1.82, 2.24) is 20.3 Å². The predicted octanol–water partition coefficient (Wildman–Crippen LogP) is 2.44. The van der Waals surface area contributed by atoms with Crippen molar-refractivity contribution < 1.29 is 4.74 Å². The largest absolute Gasteiger partial charge is 0.496 e. The number of aromatic nitrogens is 3. The fourth-order valence-corrected chi connectivity index (χ4v) is 2.36. The molecule has 1 N–H and O–H groups in total. The zero-order valence-electron chi connectivity index (χ0n) is 11.2. The van der Waals surface area contributed by atoms with Gasteiger partial charge in [-0.2, -0.15) is 0 Å². The maximum Gasteiger partial charge on any atom is 0.133 e. The molecule has 6 heteroatoms. The molecule has 1 heterocycles. The van der Waals surface area contributed by atoms with Gasteiger partial charge in [0.25, 0.3) is 0 Å². The summed E-state index contributed by atoms with van der Waals surface area (Å²) in [6, 6.07) is 6.30. The first kappa shape index (κ1) is 14.0. The number of hydrogen-bond acceptors (Lipinski definition) is 4. The lowest BCUT2D eigenvalue weighted by atomic mass is 10.1. The molecule has 102 valence electrons. The van der Waals surface area contributed by atoms with Gasteiger partial charge in [0.05, 0.1) is 17.3 Å². The van der Waals surface area contributed by atoms with Crippen LogP contribution in [0.2, 0.25) is 0 Å². The second-order valence-corrected chi connectivity index (χ2v) is 5.23. The molecule has 0 aliphatic heterocycles. The van der Waals surface area contributed by atoms with Gasteiger partial charge in [0.15, 0.2) is 0 Å². The summed E-state index contributed by atoms with van der Waals surface area (Å²) in [5, 5.41) is 11.4. The highest BCUT2D eigenvalue weighted by atomic mass is 79.9. The molecule has 1 aromatic carbocycles. The Morgan fingerprint density at radius 1 is 1.47 bits per heavy atom. The number of halogens is 1.